The van der Waals surface area contributed by atoms with Crippen molar-refractivity contribution >= 4 is 11.4 Å². The van der Waals surface area contributed by atoms with Crippen LogP contribution in [0.15, 0.2) is 42.5 Å². The van der Waals surface area contributed by atoms with Gasteiger partial charge in [-0.3, -0.25) is 0 Å². The molecule has 2 aromatic rings. The molecule has 0 radical (unpaired) electrons. The molecule has 0 atom stereocenters. The summed E-state index contributed by atoms with van der Waals surface area (Å²) in [6.45, 7) is 1.99. The van der Waals surface area contributed by atoms with Gasteiger partial charge in [-0.2, -0.15) is 0 Å². The predicted molar refractivity (Wildman–Crippen MR) is 60.8 cm³/mol. The fourth-order valence-electron chi connectivity index (χ4n) is 1.38. The number of hydrogen-bond donors (Lipinski definition) is 1. The summed E-state index contributed by atoms with van der Waals surface area (Å²) in [5, 5.41) is 2.99. The summed E-state index contributed by atoms with van der Waals surface area (Å²) in [7, 11) is 0. The van der Waals surface area contributed by atoms with Crippen LogP contribution in [-0.2, 0) is 0 Å². The highest BCUT2D eigenvalue weighted by molar-refractivity contribution is 5.59. The topological polar surface area (TPSA) is 12.0 Å². The largest absolute Gasteiger partial charge is 0.355 e. The first-order valence-electron chi connectivity index (χ1n) is 4.94. The highest BCUT2D eigenvalue weighted by Gasteiger charge is 2.02. The monoisotopic (exact) mass is 219 g/mol. The standard InChI is InChI=1S/C13H11F2N/c1-9-2-4-10(5-3-9)16-11-6-7-12(14)13(15)8-11/h2-8,16H,1H3. The smallest absolute Gasteiger partial charge is 0.160 e. The molecular weight excluding hydrogens is 208 g/mol. The molecule has 0 unspecified atom stereocenters. The molecule has 0 saturated heterocycles. The van der Waals surface area contributed by atoms with Gasteiger partial charge in [-0.25, -0.2) is 8.78 Å². The van der Waals surface area contributed by atoms with Crippen molar-refractivity contribution in [1.82, 2.24) is 0 Å². The van der Waals surface area contributed by atoms with E-state index in [1.54, 1.807) is 0 Å². The lowest BCUT2D eigenvalue weighted by atomic mass is 10.2. The van der Waals surface area contributed by atoms with Crippen molar-refractivity contribution in [3.63, 3.8) is 0 Å². The van der Waals surface area contributed by atoms with E-state index in [1.807, 2.05) is 31.2 Å². The number of hydrogen-bond acceptors (Lipinski definition) is 1. The Bertz CT molecular complexity index is 492. The highest BCUT2D eigenvalue weighted by atomic mass is 19.2. The van der Waals surface area contributed by atoms with Crippen molar-refractivity contribution in [2.24, 2.45) is 0 Å². The predicted octanol–water partition coefficient (Wildman–Crippen LogP) is 4.02. The van der Waals surface area contributed by atoms with Crippen LogP contribution < -0.4 is 5.32 Å². The zero-order valence-electron chi connectivity index (χ0n) is 8.80. The van der Waals surface area contributed by atoms with Gasteiger partial charge in [-0.15, -0.1) is 0 Å². The first kappa shape index (κ1) is 10.6. The van der Waals surface area contributed by atoms with E-state index in [-0.39, 0.29) is 0 Å². The van der Waals surface area contributed by atoms with E-state index >= 15 is 0 Å². The van der Waals surface area contributed by atoms with Crippen molar-refractivity contribution in [2.75, 3.05) is 5.32 Å². The molecule has 0 aliphatic rings. The van der Waals surface area contributed by atoms with Crippen LogP contribution in [0.25, 0.3) is 0 Å². The van der Waals surface area contributed by atoms with Crippen molar-refractivity contribution in [1.29, 1.82) is 0 Å². The van der Waals surface area contributed by atoms with E-state index in [0.29, 0.717) is 5.69 Å². The van der Waals surface area contributed by atoms with Gasteiger partial charge in [0.05, 0.1) is 0 Å². The summed E-state index contributed by atoms with van der Waals surface area (Å²) in [6, 6.07) is 11.4. The quantitative estimate of drug-likeness (QED) is 0.804. The maximum Gasteiger partial charge on any atom is 0.160 e. The second kappa shape index (κ2) is 4.31. The van der Waals surface area contributed by atoms with Gasteiger partial charge < -0.3 is 5.32 Å². The second-order valence-electron chi connectivity index (χ2n) is 3.62. The highest BCUT2D eigenvalue weighted by Crippen LogP contribution is 2.19. The minimum absolute atomic E-state index is 0.530. The van der Waals surface area contributed by atoms with E-state index in [0.717, 1.165) is 23.4 Å². The Kier molecular flexibility index (Phi) is 2.86. The first-order chi connectivity index (χ1) is 7.65. The summed E-state index contributed by atoms with van der Waals surface area (Å²) in [4.78, 5) is 0. The van der Waals surface area contributed by atoms with Crippen LogP contribution in [0.3, 0.4) is 0 Å². The maximum atomic E-state index is 12.9. The van der Waals surface area contributed by atoms with Gasteiger partial charge in [0.1, 0.15) is 0 Å². The third kappa shape index (κ3) is 2.37. The average molecular weight is 219 g/mol. The van der Waals surface area contributed by atoms with Gasteiger partial charge in [-0.1, -0.05) is 17.7 Å². The van der Waals surface area contributed by atoms with Gasteiger partial charge in [0.25, 0.3) is 0 Å². The first-order valence-corrected chi connectivity index (χ1v) is 4.94. The van der Waals surface area contributed by atoms with Crippen LogP contribution in [0.2, 0.25) is 0 Å². The molecule has 82 valence electrons. The van der Waals surface area contributed by atoms with Crippen LogP contribution >= 0.6 is 0 Å². The minimum atomic E-state index is -0.850. The molecule has 0 fully saturated rings. The maximum absolute atomic E-state index is 12.9. The lowest BCUT2D eigenvalue weighted by Crippen LogP contribution is -1.92. The Hall–Kier alpha value is -1.90. The summed E-state index contributed by atoms with van der Waals surface area (Å²) in [5.74, 6) is -1.69. The van der Waals surface area contributed by atoms with Crippen molar-refractivity contribution in [3.05, 3.63) is 59.7 Å². The molecular formula is C13H11F2N. The number of nitrogens with one attached hydrogen (secondary N) is 1. The summed E-state index contributed by atoms with van der Waals surface area (Å²) >= 11 is 0. The molecule has 2 rings (SSSR count). The van der Waals surface area contributed by atoms with Crippen molar-refractivity contribution in [2.45, 2.75) is 6.92 Å². The van der Waals surface area contributed by atoms with E-state index < -0.39 is 11.6 Å². The van der Waals surface area contributed by atoms with Crippen molar-refractivity contribution < 1.29 is 8.78 Å². The number of halogens is 2. The molecule has 0 spiro atoms. The van der Waals surface area contributed by atoms with Gasteiger partial charge in [-0.05, 0) is 31.2 Å². The SMILES string of the molecule is Cc1ccc(Nc2ccc(F)c(F)c2)cc1. The second-order valence-corrected chi connectivity index (χ2v) is 3.62. The number of rotatable bonds is 2. The lowest BCUT2D eigenvalue weighted by molar-refractivity contribution is 0.509. The summed E-state index contributed by atoms with van der Waals surface area (Å²) in [5.41, 5.74) is 2.52. The molecule has 3 heteroatoms. The Labute approximate surface area is 92.7 Å². The van der Waals surface area contributed by atoms with Crippen LogP contribution in [0.4, 0.5) is 20.2 Å². The van der Waals surface area contributed by atoms with Crippen molar-refractivity contribution in [3.8, 4) is 0 Å². The molecule has 0 aliphatic carbocycles. The van der Waals surface area contributed by atoms with E-state index in [4.69, 9.17) is 0 Å². The van der Waals surface area contributed by atoms with Crippen LogP contribution in [-0.4, -0.2) is 0 Å². The van der Waals surface area contributed by atoms with Gasteiger partial charge >= 0.3 is 0 Å². The third-order valence-electron chi connectivity index (χ3n) is 2.26. The summed E-state index contributed by atoms with van der Waals surface area (Å²) in [6.07, 6.45) is 0. The molecule has 0 aromatic heterocycles. The minimum Gasteiger partial charge on any atom is -0.355 e. The molecule has 0 bridgehead atoms. The molecule has 1 nitrogen and oxygen atoms in total. The van der Waals surface area contributed by atoms with Crippen LogP contribution in [0.1, 0.15) is 5.56 Å². The zero-order valence-corrected chi connectivity index (χ0v) is 8.80. The third-order valence-corrected chi connectivity index (χ3v) is 2.26. The van der Waals surface area contributed by atoms with Gasteiger partial charge in [0.15, 0.2) is 11.6 Å². The Morgan fingerprint density at radius 2 is 1.44 bits per heavy atom. The fourth-order valence-corrected chi connectivity index (χ4v) is 1.38. The Balaban J connectivity index is 2.20. The Morgan fingerprint density at radius 3 is 2.06 bits per heavy atom. The normalized spacial score (nSPS) is 10.2. The molecule has 0 amide bonds. The molecule has 0 saturated carbocycles. The van der Waals surface area contributed by atoms with Crippen LogP contribution in [0, 0.1) is 18.6 Å². The fraction of sp³-hybridized carbons (Fsp3) is 0.0769. The van der Waals surface area contributed by atoms with E-state index in [1.165, 1.54) is 6.07 Å². The number of anilines is 2. The molecule has 16 heavy (non-hydrogen) atoms. The van der Waals surface area contributed by atoms with E-state index in [2.05, 4.69) is 5.32 Å². The molecule has 1 N–H and O–H groups in total. The number of benzene rings is 2. The van der Waals surface area contributed by atoms with Crippen LogP contribution in [0.5, 0.6) is 0 Å². The van der Waals surface area contributed by atoms with Gasteiger partial charge in [0, 0.05) is 17.4 Å². The molecule has 2 aromatic carbocycles. The Morgan fingerprint density at radius 1 is 0.812 bits per heavy atom. The lowest BCUT2D eigenvalue weighted by Gasteiger charge is -2.06. The molecule has 0 aliphatic heterocycles. The summed E-state index contributed by atoms with van der Waals surface area (Å²) < 4.78 is 25.6. The average Bonchev–Trinajstić information content (AvgIpc) is 2.27. The zero-order chi connectivity index (χ0) is 11.5. The van der Waals surface area contributed by atoms with E-state index in [9.17, 15) is 8.78 Å². The molecule has 0 heterocycles. The number of aryl methyl sites for hydroxylation is 1. The van der Waals surface area contributed by atoms with Gasteiger partial charge in [0.2, 0.25) is 0 Å².